The molecular formula is C15H12N4O. The van der Waals surface area contributed by atoms with Crippen molar-refractivity contribution < 1.29 is 4.42 Å². The van der Waals surface area contributed by atoms with E-state index in [1.165, 1.54) is 12.4 Å². The van der Waals surface area contributed by atoms with Gasteiger partial charge in [-0.05, 0) is 19.1 Å². The second-order valence-electron chi connectivity index (χ2n) is 4.45. The largest absolute Gasteiger partial charge is 0.459 e. The number of aromatic nitrogens is 2. The lowest BCUT2D eigenvalue weighted by molar-refractivity contribution is 0.525. The number of para-hydroxylation sites is 1. The van der Waals surface area contributed by atoms with Gasteiger partial charge in [-0.2, -0.15) is 5.26 Å². The van der Waals surface area contributed by atoms with Crippen LogP contribution in [0.1, 0.15) is 24.4 Å². The summed E-state index contributed by atoms with van der Waals surface area (Å²) in [6, 6.07) is 11.8. The average Bonchev–Trinajstić information content (AvgIpc) is 2.92. The van der Waals surface area contributed by atoms with Gasteiger partial charge in [0.05, 0.1) is 18.4 Å². The summed E-state index contributed by atoms with van der Waals surface area (Å²) in [5, 5.41) is 12.9. The Hall–Kier alpha value is -2.87. The molecule has 5 heteroatoms. The Morgan fingerprint density at radius 2 is 2.10 bits per heavy atom. The molecule has 0 aliphatic heterocycles. The summed E-state index contributed by atoms with van der Waals surface area (Å²) in [4.78, 5) is 8.10. The van der Waals surface area contributed by atoms with Crippen molar-refractivity contribution in [2.45, 2.75) is 13.0 Å². The Labute approximate surface area is 115 Å². The lowest BCUT2D eigenvalue weighted by atomic mass is 10.2. The first-order valence-corrected chi connectivity index (χ1v) is 6.23. The maximum absolute atomic E-state index is 8.68. The monoisotopic (exact) mass is 264 g/mol. The van der Waals surface area contributed by atoms with Gasteiger partial charge in [0.25, 0.3) is 0 Å². The Bertz CT molecular complexity index is 737. The molecule has 1 aromatic carbocycles. The van der Waals surface area contributed by atoms with Gasteiger partial charge in [0.2, 0.25) is 0 Å². The number of rotatable bonds is 3. The van der Waals surface area contributed by atoms with Gasteiger partial charge in [-0.25, -0.2) is 9.97 Å². The zero-order valence-corrected chi connectivity index (χ0v) is 10.9. The van der Waals surface area contributed by atoms with Crippen molar-refractivity contribution in [3.63, 3.8) is 0 Å². The first-order valence-electron chi connectivity index (χ1n) is 6.23. The minimum absolute atomic E-state index is 0.0374. The highest BCUT2D eigenvalue weighted by Gasteiger charge is 2.11. The molecule has 1 atom stereocenters. The maximum atomic E-state index is 8.68. The van der Waals surface area contributed by atoms with Crippen LogP contribution >= 0.6 is 0 Å². The summed E-state index contributed by atoms with van der Waals surface area (Å²) in [7, 11) is 0. The Morgan fingerprint density at radius 1 is 1.25 bits per heavy atom. The molecule has 98 valence electrons. The molecular weight excluding hydrogens is 252 g/mol. The molecule has 20 heavy (non-hydrogen) atoms. The third kappa shape index (κ3) is 2.31. The molecule has 0 aliphatic carbocycles. The van der Waals surface area contributed by atoms with Gasteiger partial charge in [0.15, 0.2) is 5.69 Å². The van der Waals surface area contributed by atoms with Gasteiger partial charge in [-0.1, -0.05) is 18.2 Å². The average molecular weight is 264 g/mol. The molecule has 0 unspecified atom stereocenters. The quantitative estimate of drug-likeness (QED) is 0.785. The smallest absolute Gasteiger partial charge is 0.158 e. The molecule has 2 aromatic heterocycles. The van der Waals surface area contributed by atoms with Crippen molar-refractivity contribution in [2.24, 2.45) is 0 Å². The van der Waals surface area contributed by atoms with E-state index in [0.717, 1.165) is 16.7 Å². The summed E-state index contributed by atoms with van der Waals surface area (Å²) in [6.45, 7) is 1.98. The topological polar surface area (TPSA) is 74.7 Å². The number of nitrogens with zero attached hydrogens (tertiary/aromatic N) is 3. The number of furan rings is 1. The van der Waals surface area contributed by atoms with Crippen LogP contribution in [0.3, 0.4) is 0 Å². The van der Waals surface area contributed by atoms with E-state index in [-0.39, 0.29) is 6.04 Å². The molecule has 3 aromatic rings. The van der Waals surface area contributed by atoms with Gasteiger partial charge in [0.1, 0.15) is 23.2 Å². The normalized spacial score (nSPS) is 12.0. The van der Waals surface area contributed by atoms with Crippen LogP contribution in [0.15, 0.2) is 47.1 Å². The van der Waals surface area contributed by atoms with Crippen molar-refractivity contribution >= 4 is 16.8 Å². The van der Waals surface area contributed by atoms with Crippen LogP contribution in [0.25, 0.3) is 11.0 Å². The molecule has 5 nitrogen and oxygen atoms in total. The lowest BCUT2D eigenvalue weighted by Gasteiger charge is -2.11. The van der Waals surface area contributed by atoms with Crippen LogP contribution in [-0.4, -0.2) is 9.97 Å². The second kappa shape index (κ2) is 5.02. The third-order valence-electron chi connectivity index (χ3n) is 3.00. The molecule has 0 saturated heterocycles. The van der Waals surface area contributed by atoms with E-state index in [9.17, 15) is 0 Å². The number of nitrogens with one attached hydrogen (secondary N) is 1. The minimum Gasteiger partial charge on any atom is -0.459 e. The van der Waals surface area contributed by atoms with E-state index in [0.29, 0.717) is 11.5 Å². The van der Waals surface area contributed by atoms with E-state index in [2.05, 4.69) is 15.3 Å². The number of anilines is 1. The molecule has 0 spiro atoms. The predicted octanol–water partition coefficient (Wildman–Crippen LogP) is 3.27. The molecule has 3 rings (SSSR count). The van der Waals surface area contributed by atoms with Crippen LogP contribution in [-0.2, 0) is 0 Å². The summed E-state index contributed by atoms with van der Waals surface area (Å²) in [5.74, 6) is 1.44. The van der Waals surface area contributed by atoms with E-state index in [4.69, 9.17) is 9.68 Å². The van der Waals surface area contributed by atoms with E-state index < -0.39 is 0 Å². The van der Waals surface area contributed by atoms with Crippen molar-refractivity contribution in [2.75, 3.05) is 5.32 Å². The number of hydrogen-bond acceptors (Lipinski definition) is 5. The van der Waals surface area contributed by atoms with Crippen molar-refractivity contribution in [3.8, 4) is 6.07 Å². The Kier molecular flexibility index (Phi) is 3.05. The molecule has 0 radical (unpaired) electrons. The number of nitriles is 1. The Balaban J connectivity index is 1.81. The highest BCUT2D eigenvalue weighted by atomic mass is 16.3. The molecule has 1 N–H and O–H groups in total. The summed E-state index contributed by atoms with van der Waals surface area (Å²) >= 11 is 0. The van der Waals surface area contributed by atoms with Crippen LogP contribution < -0.4 is 5.32 Å². The van der Waals surface area contributed by atoms with Crippen molar-refractivity contribution in [1.82, 2.24) is 9.97 Å². The summed E-state index contributed by atoms with van der Waals surface area (Å²) in [5.41, 5.74) is 1.16. The minimum atomic E-state index is -0.0374. The first-order chi connectivity index (χ1) is 9.76. The zero-order valence-electron chi connectivity index (χ0n) is 10.9. The van der Waals surface area contributed by atoms with E-state index >= 15 is 0 Å². The molecule has 0 saturated carbocycles. The lowest BCUT2D eigenvalue weighted by Crippen LogP contribution is -2.07. The van der Waals surface area contributed by atoms with Crippen molar-refractivity contribution in [3.05, 3.63) is 54.2 Å². The second-order valence-corrected chi connectivity index (χ2v) is 4.45. The Morgan fingerprint density at radius 3 is 2.80 bits per heavy atom. The van der Waals surface area contributed by atoms with Gasteiger partial charge < -0.3 is 9.73 Å². The van der Waals surface area contributed by atoms with E-state index in [1.807, 2.05) is 43.3 Å². The summed E-state index contributed by atoms with van der Waals surface area (Å²) < 4.78 is 5.78. The van der Waals surface area contributed by atoms with Gasteiger partial charge in [-0.15, -0.1) is 0 Å². The maximum Gasteiger partial charge on any atom is 0.158 e. The molecule has 0 bridgehead atoms. The van der Waals surface area contributed by atoms with E-state index in [1.54, 1.807) is 0 Å². The van der Waals surface area contributed by atoms with Crippen LogP contribution in [0.5, 0.6) is 0 Å². The standard InChI is InChI=1S/C15H12N4O/c1-10(19-15-9-17-12(7-16)8-18-15)14-6-11-4-2-3-5-13(11)20-14/h2-6,8-10H,1H3,(H,18,19)/t10-/m1/s1. The van der Waals surface area contributed by atoms with Gasteiger partial charge >= 0.3 is 0 Å². The fraction of sp³-hybridized carbons (Fsp3) is 0.133. The summed E-state index contributed by atoms with van der Waals surface area (Å²) in [6.07, 6.45) is 2.98. The molecule has 0 fully saturated rings. The zero-order chi connectivity index (χ0) is 13.9. The molecule has 0 aliphatic rings. The van der Waals surface area contributed by atoms with Crippen LogP contribution in [0, 0.1) is 11.3 Å². The fourth-order valence-electron chi connectivity index (χ4n) is 1.97. The number of fused-ring (bicyclic) bond motifs is 1. The highest BCUT2D eigenvalue weighted by molar-refractivity contribution is 5.77. The fourth-order valence-corrected chi connectivity index (χ4v) is 1.97. The van der Waals surface area contributed by atoms with Crippen molar-refractivity contribution in [1.29, 1.82) is 5.26 Å². The number of hydrogen-bond donors (Lipinski definition) is 1. The third-order valence-corrected chi connectivity index (χ3v) is 3.00. The van der Waals surface area contributed by atoms with Crippen LogP contribution in [0.2, 0.25) is 0 Å². The highest BCUT2D eigenvalue weighted by Crippen LogP contribution is 2.25. The van der Waals surface area contributed by atoms with Gasteiger partial charge in [-0.3, -0.25) is 0 Å². The first kappa shape index (κ1) is 12.2. The molecule has 2 heterocycles. The SMILES string of the molecule is C[C@@H](Nc1cnc(C#N)cn1)c1cc2ccccc2o1. The van der Waals surface area contributed by atoms with Gasteiger partial charge in [0, 0.05) is 5.39 Å². The predicted molar refractivity (Wildman–Crippen MR) is 75.0 cm³/mol. The molecule has 0 amide bonds. The van der Waals surface area contributed by atoms with Crippen LogP contribution in [0.4, 0.5) is 5.82 Å². The number of benzene rings is 1.